The van der Waals surface area contributed by atoms with Gasteiger partial charge in [-0.15, -0.1) is 0 Å². The predicted molar refractivity (Wildman–Crippen MR) is 87.1 cm³/mol. The van der Waals surface area contributed by atoms with Crippen LogP contribution in [0.4, 0.5) is 5.69 Å². The minimum atomic E-state index is 0.138. The fourth-order valence-electron chi connectivity index (χ4n) is 1.96. The Bertz CT molecular complexity index is 827. The van der Waals surface area contributed by atoms with Gasteiger partial charge in [-0.3, -0.25) is 4.99 Å². The van der Waals surface area contributed by atoms with Gasteiger partial charge in [-0.25, -0.2) is 4.98 Å². The summed E-state index contributed by atoms with van der Waals surface area (Å²) in [6.45, 7) is 0. The number of benzene rings is 2. The molecule has 0 aliphatic heterocycles. The van der Waals surface area contributed by atoms with E-state index in [-0.39, 0.29) is 5.75 Å². The second-order valence-corrected chi connectivity index (χ2v) is 5.23. The third-order valence-corrected chi connectivity index (χ3v) is 3.59. The van der Waals surface area contributed by atoms with Crippen molar-refractivity contribution in [1.82, 2.24) is 4.98 Å². The molecular formula is C16H10Cl2N2O. The van der Waals surface area contributed by atoms with Gasteiger partial charge in [-0.1, -0.05) is 47.5 Å². The summed E-state index contributed by atoms with van der Waals surface area (Å²) in [4.78, 5) is 8.64. The van der Waals surface area contributed by atoms with Crippen molar-refractivity contribution >= 4 is 46.0 Å². The van der Waals surface area contributed by atoms with Crippen molar-refractivity contribution in [1.29, 1.82) is 0 Å². The molecule has 0 radical (unpaired) electrons. The van der Waals surface area contributed by atoms with Gasteiger partial charge >= 0.3 is 0 Å². The van der Waals surface area contributed by atoms with Crippen molar-refractivity contribution in [2.75, 3.05) is 0 Å². The van der Waals surface area contributed by atoms with Gasteiger partial charge in [0.05, 0.1) is 22.0 Å². The highest BCUT2D eigenvalue weighted by Crippen LogP contribution is 2.32. The number of phenols is 1. The quantitative estimate of drug-likeness (QED) is 0.676. The number of hydrogen-bond acceptors (Lipinski definition) is 3. The van der Waals surface area contributed by atoms with Crippen molar-refractivity contribution in [2.24, 2.45) is 4.99 Å². The molecule has 1 N–H and O–H groups in total. The van der Waals surface area contributed by atoms with Crippen LogP contribution in [0.25, 0.3) is 10.9 Å². The number of pyridine rings is 1. The summed E-state index contributed by atoms with van der Waals surface area (Å²) in [5, 5.41) is 11.6. The van der Waals surface area contributed by atoms with Crippen molar-refractivity contribution < 1.29 is 5.11 Å². The first-order valence-electron chi connectivity index (χ1n) is 6.22. The van der Waals surface area contributed by atoms with Crippen LogP contribution in [0.2, 0.25) is 10.0 Å². The molecule has 2 aromatic carbocycles. The molecular weight excluding hydrogens is 307 g/mol. The average molecular weight is 317 g/mol. The van der Waals surface area contributed by atoms with Crippen LogP contribution in [0.5, 0.6) is 5.75 Å². The molecule has 0 atom stereocenters. The van der Waals surface area contributed by atoms with E-state index in [1.165, 1.54) is 0 Å². The molecule has 0 aliphatic rings. The minimum Gasteiger partial charge on any atom is -0.506 e. The second-order valence-electron chi connectivity index (χ2n) is 4.41. The summed E-state index contributed by atoms with van der Waals surface area (Å²) in [5.74, 6) is 0.138. The maximum Gasteiger partial charge on any atom is 0.141 e. The SMILES string of the molecule is Oc1cccc2ccc(/C=N/c3c(Cl)cccc3Cl)nc12. The summed E-state index contributed by atoms with van der Waals surface area (Å²) < 4.78 is 0. The van der Waals surface area contributed by atoms with Crippen LogP contribution in [0.3, 0.4) is 0 Å². The Hall–Kier alpha value is -2.10. The highest BCUT2D eigenvalue weighted by Gasteiger charge is 2.04. The first-order chi connectivity index (χ1) is 10.1. The van der Waals surface area contributed by atoms with E-state index in [4.69, 9.17) is 23.2 Å². The third kappa shape index (κ3) is 2.84. The molecule has 104 valence electrons. The van der Waals surface area contributed by atoms with Gasteiger partial charge in [0.25, 0.3) is 0 Å². The van der Waals surface area contributed by atoms with Crippen LogP contribution in [-0.4, -0.2) is 16.3 Å². The number of nitrogens with zero attached hydrogens (tertiary/aromatic N) is 2. The molecule has 3 aromatic rings. The van der Waals surface area contributed by atoms with Crippen LogP contribution in [0, 0.1) is 0 Å². The smallest absolute Gasteiger partial charge is 0.141 e. The van der Waals surface area contributed by atoms with Crippen molar-refractivity contribution in [2.45, 2.75) is 0 Å². The standard InChI is InChI=1S/C16H10Cl2N2O/c17-12-4-2-5-13(18)16(12)19-9-11-8-7-10-3-1-6-14(21)15(10)20-11/h1-9,21H/b19-9+. The lowest BCUT2D eigenvalue weighted by molar-refractivity contribution is 0.480. The summed E-state index contributed by atoms with van der Waals surface area (Å²) in [6.07, 6.45) is 1.57. The van der Waals surface area contributed by atoms with Crippen LogP contribution in [0.1, 0.15) is 5.69 Å². The molecule has 0 unspecified atom stereocenters. The summed E-state index contributed by atoms with van der Waals surface area (Å²) in [7, 11) is 0. The third-order valence-electron chi connectivity index (χ3n) is 2.98. The molecule has 21 heavy (non-hydrogen) atoms. The number of aliphatic imine (C=N–C) groups is 1. The van der Waals surface area contributed by atoms with Gasteiger partial charge in [-0.05, 0) is 24.3 Å². The molecule has 0 bridgehead atoms. The Balaban J connectivity index is 2.02. The van der Waals surface area contributed by atoms with Crippen molar-refractivity contribution in [3.8, 4) is 5.75 Å². The first-order valence-corrected chi connectivity index (χ1v) is 6.97. The molecule has 3 nitrogen and oxygen atoms in total. The van der Waals surface area contributed by atoms with Crippen LogP contribution in [-0.2, 0) is 0 Å². The Labute approximate surface area is 131 Å². The Kier molecular flexibility index (Phi) is 3.78. The monoisotopic (exact) mass is 316 g/mol. The molecule has 3 rings (SSSR count). The van der Waals surface area contributed by atoms with Gasteiger partial charge in [0.15, 0.2) is 0 Å². The molecule has 5 heteroatoms. The summed E-state index contributed by atoms with van der Waals surface area (Å²) in [6, 6.07) is 14.1. The molecule has 0 saturated carbocycles. The highest BCUT2D eigenvalue weighted by atomic mass is 35.5. The maximum atomic E-state index is 9.82. The van der Waals surface area contributed by atoms with E-state index in [2.05, 4.69) is 9.98 Å². The van der Waals surface area contributed by atoms with Gasteiger partial charge in [0, 0.05) is 5.39 Å². The van der Waals surface area contributed by atoms with Crippen molar-refractivity contribution in [3.63, 3.8) is 0 Å². The molecule has 1 aromatic heterocycles. The number of fused-ring (bicyclic) bond motifs is 1. The van der Waals surface area contributed by atoms with Crippen LogP contribution in [0.15, 0.2) is 53.5 Å². The number of halogens is 2. The molecule has 0 saturated heterocycles. The topological polar surface area (TPSA) is 45.5 Å². The minimum absolute atomic E-state index is 0.138. The maximum absolute atomic E-state index is 9.82. The molecule has 0 spiro atoms. The predicted octanol–water partition coefficient (Wildman–Crippen LogP) is 5.00. The van der Waals surface area contributed by atoms with Gasteiger partial charge in [0.1, 0.15) is 17.0 Å². The average Bonchev–Trinajstić information content (AvgIpc) is 2.47. The molecule has 0 fully saturated rings. The summed E-state index contributed by atoms with van der Waals surface area (Å²) in [5.41, 5.74) is 1.65. The zero-order valence-electron chi connectivity index (χ0n) is 10.8. The molecule has 1 heterocycles. The number of phenolic OH excluding ortho intramolecular Hbond substituents is 1. The lowest BCUT2D eigenvalue weighted by Gasteiger charge is -2.02. The second kappa shape index (κ2) is 5.72. The van der Waals surface area contributed by atoms with E-state index in [1.807, 2.05) is 18.2 Å². The Morgan fingerprint density at radius 1 is 0.952 bits per heavy atom. The van der Waals surface area contributed by atoms with E-state index in [9.17, 15) is 5.11 Å². The zero-order chi connectivity index (χ0) is 14.8. The summed E-state index contributed by atoms with van der Waals surface area (Å²) >= 11 is 12.1. The Morgan fingerprint density at radius 3 is 2.43 bits per heavy atom. The number of rotatable bonds is 2. The van der Waals surface area contributed by atoms with E-state index in [0.29, 0.717) is 26.9 Å². The van der Waals surface area contributed by atoms with Gasteiger partial charge < -0.3 is 5.11 Å². The van der Waals surface area contributed by atoms with E-state index in [1.54, 1.807) is 36.5 Å². The lowest BCUT2D eigenvalue weighted by Crippen LogP contribution is -1.88. The normalized spacial score (nSPS) is 11.3. The largest absolute Gasteiger partial charge is 0.506 e. The van der Waals surface area contributed by atoms with E-state index in [0.717, 1.165) is 5.39 Å². The lowest BCUT2D eigenvalue weighted by atomic mass is 10.2. The number of aromatic nitrogens is 1. The zero-order valence-corrected chi connectivity index (χ0v) is 12.3. The van der Waals surface area contributed by atoms with Gasteiger partial charge in [0.2, 0.25) is 0 Å². The Morgan fingerprint density at radius 2 is 1.67 bits per heavy atom. The fourth-order valence-corrected chi connectivity index (χ4v) is 2.46. The number of hydrogen-bond donors (Lipinski definition) is 1. The van der Waals surface area contributed by atoms with Gasteiger partial charge in [-0.2, -0.15) is 0 Å². The number of para-hydroxylation sites is 2. The molecule has 0 aliphatic carbocycles. The number of aromatic hydroxyl groups is 1. The van der Waals surface area contributed by atoms with E-state index < -0.39 is 0 Å². The first kappa shape index (κ1) is 13.9. The highest BCUT2D eigenvalue weighted by molar-refractivity contribution is 6.38. The van der Waals surface area contributed by atoms with Crippen LogP contribution >= 0.6 is 23.2 Å². The fraction of sp³-hybridized carbons (Fsp3) is 0. The molecule has 0 amide bonds. The van der Waals surface area contributed by atoms with E-state index >= 15 is 0 Å². The van der Waals surface area contributed by atoms with Crippen LogP contribution < -0.4 is 0 Å². The van der Waals surface area contributed by atoms with Crippen molar-refractivity contribution in [3.05, 3.63) is 64.3 Å².